The first-order valence-electron chi connectivity index (χ1n) is 6.72. The van der Waals surface area contributed by atoms with Gasteiger partial charge in [-0.15, -0.1) is 0 Å². The Morgan fingerprint density at radius 3 is 3.06 bits per heavy atom. The normalized spacial score (nSPS) is 17.1. The van der Waals surface area contributed by atoms with Crippen LogP contribution in [0.5, 0.6) is 5.75 Å². The first-order chi connectivity index (χ1) is 8.69. The van der Waals surface area contributed by atoms with Crippen LogP contribution in [0.25, 0.3) is 0 Å². The Hall–Kier alpha value is -1.06. The number of hydrogen-bond acceptors (Lipinski definition) is 3. The molecule has 0 spiro atoms. The molecule has 0 bridgehead atoms. The van der Waals surface area contributed by atoms with Crippen LogP contribution in [-0.2, 0) is 17.6 Å². The molecule has 1 heterocycles. The molecule has 1 aliphatic rings. The molecule has 0 fully saturated rings. The van der Waals surface area contributed by atoms with Gasteiger partial charge in [-0.2, -0.15) is 0 Å². The van der Waals surface area contributed by atoms with E-state index in [-0.39, 0.29) is 12.1 Å². The molecule has 0 amide bonds. The molecule has 2 N–H and O–H groups in total. The van der Waals surface area contributed by atoms with Crippen LogP contribution in [0, 0.1) is 0 Å². The van der Waals surface area contributed by atoms with Crippen molar-refractivity contribution in [2.75, 3.05) is 13.7 Å². The Balaban J connectivity index is 1.83. The lowest BCUT2D eigenvalue weighted by molar-refractivity contribution is 0.104. The van der Waals surface area contributed by atoms with Crippen molar-refractivity contribution >= 4 is 0 Å². The Bertz CT molecular complexity index is 392. The topological polar surface area (TPSA) is 44.5 Å². The lowest BCUT2D eigenvalue weighted by Crippen LogP contribution is -2.26. The predicted molar refractivity (Wildman–Crippen MR) is 73.0 cm³/mol. The zero-order valence-electron chi connectivity index (χ0n) is 11.3. The van der Waals surface area contributed by atoms with Crippen LogP contribution in [0.3, 0.4) is 0 Å². The summed E-state index contributed by atoms with van der Waals surface area (Å²) in [5, 5.41) is 0. The molecule has 18 heavy (non-hydrogen) atoms. The van der Waals surface area contributed by atoms with Gasteiger partial charge in [0.15, 0.2) is 0 Å². The SMILES string of the molecule is COC(C)CC(N)CCc1ccc2c(c1)CCO2. The van der Waals surface area contributed by atoms with Crippen molar-refractivity contribution < 1.29 is 9.47 Å². The van der Waals surface area contributed by atoms with E-state index in [2.05, 4.69) is 25.1 Å². The summed E-state index contributed by atoms with van der Waals surface area (Å²) in [6.07, 6.45) is 4.24. The average Bonchev–Trinajstić information content (AvgIpc) is 2.83. The summed E-state index contributed by atoms with van der Waals surface area (Å²) in [4.78, 5) is 0. The third kappa shape index (κ3) is 3.47. The van der Waals surface area contributed by atoms with Gasteiger partial charge in [-0.1, -0.05) is 12.1 Å². The smallest absolute Gasteiger partial charge is 0.122 e. The van der Waals surface area contributed by atoms with Gasteiger partial charge in [-0.05, 0) is 43.4 Å². The van der Waals surface area contributed by atoms with Crippen LogP contribution in [-0.4, -0.2) is 25.9 Å². The fraction of sp³-hybridized carbons (Fsp3) is 0.600. The summed E-state index contributed by atoms with van der Waals surface area (Å²) in [6.45, 7) is 2.89. The van der Waals surface area contributed by atoms with Crippen molar-refractivity contribution in [1.82, 2.24) is 0 Å². The molecule has 2 atom stereocenters. The summed E-state index contributed by atoms with van der Waals surface area (Å²) >= 11 is 0. The average molecular weight is 249 g/mol. The highest BCUT2D eigenvalue weighted by Crippen LogP contribution is 2.26. The van der Waals surface area contributed by atoms with Crippen molar-refractivity contribution in [3.63, 3.8) is 0 Å². The van der Waals surface area contributed by atoms with E-state index in [1.165, 1.54) is 11.1 Å². The molecule has 0 radical (unpaired) electrons. The van der Waals surface area contributed by atoms with E-state index in [4.69, 9.17) is 15.2 Å². The van der Waals surface area contributed by atoms with E-state index >= 15 is 0 Å². The monoisotopic (exact) mass is 249 g/mol. The molecular weight excluding hydrogens is 226 g/mol. The molecule has 1 aromatic carbocycles. The van der Waals surface area contributed by atoms with Crippen molar-refractivity contribution in [1.29, 1.82) is 0 Å². The van der Waals surface area contributed by atoms with Gasteiger partial charge in [-0.25, -0.2) is 0 Å². The second-order valence-corrected chi connectivity index (χ2v) is 5.12. The quantitative estimate of drug-likeness (QED) is 0.841. The standard InChI is InChI=1S/C15H23NO2/c1-11(17-2)9-14(16)5-3-12-4-6-15-13(10-12)7-8-18-15/h4,6,10-11,14H,3,5,7-9,16H2,1-2H3. The van der Waals surface area contributed by atoms with E-state index < -0.39 is 0 Å². The van der Waals surface area contributed by atoms with E-state index in [9.17, 15) is 0 Å². The Morgan fingerprint density at radius 1 is 1.44 bits per heavy atom. The van der Waals surface area contributed by atoms with Gasteiger partial charge in [0, 0.05) is 19.6 Å². The molecule has 3 nitrogen and oxygen atoms in total. The Labute approximate surface area is 109 Å². The second kappa shape index (κ2) is 6.21. The molecule has 0 saturated heterocycles. The van der Waals surface area contributed by atoms with Gasteiger partial charge in [0.25, 0.3) is 0 Å². The zero-order chi connectivity index (χ0) is 13.0. The van der Waals surface area contributed by atoms with E-state index in [0.717, 1.165) is 38.0 Å². The third-order valence-corrected chi connectivity index (χ3v) is 3.59. The number of methoxy groups -OCH3 is 1. The molecule has 100 valence electrons. The first kappa shape index (κ1) is 13.4. The van der Waals surface area contributed by atoms with Gasteiger partial charge in [-0.3, -0.25) is 0 Å². The van der Waals surface area contributed by atoms with Crippen LogP contribution in [0.15, 0.2) is 18.2 Å². The second-order valence-electron chi connectivity index (χ2n) is 5.12. The van der Waals surface area contributed by atoms with Crippen LogP contribution >= 0.6 is 0 Å². The fourth-order valence-corrected chi connectivity index (χ4v) is 2.39. The van der Waals surface area contributed by atoms with Crippen LogP contribution < -0.4 is 10.5 Å². The zero-order valence-corrected chi connectivity index (χ0v) is 11.3. The highest BCUT2D eigenvalue weighted by atomic mass is 16.5. The van der Waals surface area contributed by atoms with Crippen LogP contribution in [0.2, 0.25) is 0 Å². The first-order valence-corrected chi connectivity index (χ1v) is 6.72. The number of fused-ring (bicyclic) bond motifs is 1. The minimum absolute atomic E-state index is 0.212. The summed E-state index contributed by atoms with van der Waals surface area (Å²) in [7, 11) is 1.73. The number of benzene rings is 1. The lowest BCUT2D eigenvalue weighted by Gasteiger charge is -2.16. The van der Waals surface area contributed by atoms with E-state index in [0.29, 0.717) is 0 Å². The number of aryl methyl sites for hydroxylation is 1. The lowest BCUT2D eigenvalue weighted by atomic mass is 10.00. The minimum Gasteiger partial charge on any atom is -0.493 e. The number of hydrogen-bond donors (Lipinski definition) is 1. The largest absolute Gasteiger partial charge is 0.493 e. The molecule has 0 aliphatic carbocycles. The number of nitrogens with two attached hydrogens (primary N) is 1. The summed E-state index contributed by atoms with van der Waals surface area (Å²) in [5.41, 5.74) is 8.81. The van der Waals surface area contributed by atoms with Gasteiger partial charge >= 0.3 is 0 Å². The Kier molecular flexibility index (Phi) is 4.61. The number of ether oxygens (including phenoxy) is 2. The minimum atomic E-state index is 0.212. The maximum absolute atomic E-state index is 6.11. The molecule has 0 aromatic heterocycles. The molecule has 1 aliphatic heterocycles. The van der Waals surface area contributed by atoms with E-state index in [1.54, 1.807) is 7.11 Å². The number of rotatable bonds is 6. The van der Waals surface area contributed by atoms with Crippen molar-refractivity contribution in [3.8, 4) is 5.75 Å². The fourth-order valence-electron chi connectivity index (χ4n) is 2.39. The molecule has 1 aromatic rings. The summed E-state index contributed by atoms with van der Waals surface area (Å²) in [5.74, 6) is 1.05. The van der Waals surface area contributed by atoms with Gasteiger partial charge in [0.05, 0.1) is 12.7 Å². The summed E-state index contributed by atoms with van der Waals surface area (Å²) in [6, 6.07) is 6.70. The van der Waals surface area contributed by atoms with Crippen LogP contribution in [0.4, 0.5) is 0 Å². The van der Waals surface area contributed by atoms with Crippen molar-refractivity contribution in [2.45, 2.75) is 44.8 Å². The molecule has 3 heteroatoms. The predicted octanol–water partition coefficient (Wildman–Crippen LogP) is 2.31. The third-order valence-electron chi connectivity index (χ3n) is 3.59. The summed E-state index contributed by atoms with van der Waals surface area (Å²) < 4.78 is 10.7. The van der Waals surface area contributed by atoms with Gasteiger partial charge in [0.1, 0.15) is 5.75 Å². The molecule has 0 saturated carbocycles. The van der Waals surface area contributed by atoms with Gasteiger partial charge in [0.2, 0.25) is 0 Å². The highest BCUT2D eigenvalue weighted by molar-refractivity contribution is 5.39. The van der Waals surface area contributed by atoms with Crippen molar-refractivity contribution in [3.05, 3.63) is 29.3 Å². The molecular formula is C15H23NO2. The highest BCUT2D eigenvalue weighted by Gasteiger charge is 2.13. The Morgan fingerprint density at radius 2 is 2.28 bits per heavy atom. The maximum Gasteiger partial charge on any atom is 0.122 e. The van der Waals surface area contributed by atoms with Crippen LogP contribution in [0.1, 0.15) is 30.9 Å². The maximum atomic E-state index is 6.11. The molecule has 2 unspecified atom stereocenters. The van der Waals surface area contributed by atoms with Crippen molar-refractivity contribution in [2.24, 2.45) is 5.73 Å². The van der Waals surface area contributed by atoms with E-state index in [1.807, 2.05) is 0 Å². The van der Waals surface area contributed by atoms with Gasteiger partial charge < -0.3 is 15.2 Å². The molecule has 2 rings (SSSR count).